The van der Waals surface area contributed by atoms with Crippen LogP contribution in [-0.4, -0.2) is 25.5 Å². The highest BCUT2D eigenvalue weighted by Gasteiger charge is 2.22. The molecule has 152 valence electrons. The Labute approximate surface area is 177 Å². The lowest BCUT2D eigenvalue weighted by atomic mass is 10.2. The van der Waals surface area contributed by atoms with Crippen LogP contribution in [0.25, 0.3) is 5.69 Å². The Balaban J connectivity index is 1.56. The molecule has 8 heteroatoms. The fraction of sp³-hybridized carbons (Fsp3) is 0.136. The Bertz CT molecular complexity index is 1200. The lowest BCUT2D eigenvalue weighted by Gasteiger charge is -2.05. The first kappa shape index (κ1) is 19.8. The molecule has 0 spiro atoms. The van der Waals surface area contributed by atoms with E-state index in [0.717, 1.165) is 16.8 Å². The van der Waals surface area contributed by atoms with Crippen molar-refractivity contribution in [1.82, 2.24) is 19.6 Å². The number of anilines is 1. The van der Waals surface area contributed by atoms with Crippen LogP contribution in [0, 0.1) is 19.7 Å². The average Bonchev–Trinajstić information content (AvgIpc) is 3.23. The summed E-state index contributed by atoms with van der Waals surface area (Å²) in [4.78, 5) is 12.9. The molecule has 0 aliphatic heterocycles. The number of rotatable bonds is 5. The van der Waals surface area contributed by atoms with Gasteiger partial charge in [-0.25, -0.2) is 13.8 Å². The molecule has 1 N–H and O–H groups in total. The number of hydrogen-bond donors (Lipinski definition) is 1. The number of nitrogens with zero attached hydrogens (tertiary/aromatic N) is 4. The van der Waals surface area contributed by atoms with Crippen LogP contribution in [0.1, 0.15) is 27.2 Å². The predicted octanol–water partition coefficient (Wildman–Crippen LogP) is 4.78. The molecular weight excluding hydrogens is 405 g/mol. The molecule has 2 aromatic carbocycles. The summed E-state index contributed by atoms with van der Waals surface area (Å²) >= 11 is 6.45. The summed E-state index contributed by atoms with van der Waals surface area (Å²) in [5.41, 5.74) is 3.32. The van der Waals surface area contributed by atoms with Crippen molar-refractivity contribution in [3.8, 4) is 5.69 Å². The molecule has 0 fully saturated rings. The largest absolute Gasteiger partial charge is 0.305 e. The minimum absolute atomic E-state index is 0.217. The van der Waals surface area contributed by atoms with E-state index in [0.29, 0.717) is 18.1 Å². The zero-order chi connectivity index (χ0) is 21.3. The van der Waals surface area contributed by atoms with Gasteiger partial charge in [0.25, 0.3) is 5.91 Å². The van der Waals surface area contributed by atoms with Gasteiger partial charge in [-0.3, -0.25) is 4.79 Å². The van der Waals surface area contributed by atoms with Crippen molar-refractivity contribution in [2.45, 2.75) is 20.4 Å². The molecule has 0 saturated carbocycles. The highest BCUT2D eigenvalue weighted by Crippen LogP contribution is 2.23. The molecule has 0 atom stereocenters. The van der Waals surface area contributed by atoms with Gasteiger partial charge in [0.15, 0.2) is 5.82 Å². The Hall–Kier alpha value is -3.45. The topological polar surface area (TPSA) is 64.7 Å². The van der Waals surface area contributed by atoms with Gasteiger partial charge in [0.05, 0.1) is 23.5 Å². The van der Waals surface area contributed by atoms with E-state index in [9.17, 15) is 9.18 Å². The number of aromatic nitrogens is 4. The highest BCUT2D eigenvalue weighted by atomic mass is 35.5. The molecule has 2 heterocycles. The maximum absolute atomic E-state index is 13.1. The number of halogens is 2. The zero-order valence-corrected chi connectivity index (χ0v) is 17.2. The molecule has 0 saturated heterocycles. The number of nitrogens with one attached hydrogen (secondary N) is 1. The van der Waals surface area contributed by atoms with E-state index in [1.54, 1.807) is 23.7 Å². The normalized spacial score (nSPS) is 10.9. The van der Waals surface area contributed by atoms with Crippen LogP contribution in [0.15, 0.2) is 60.8 Å². The second kappa shape index (κ2) is 8.12. The van der Waals surface area contributed by atoms with Crippen molar-refractivity contribution in [2.75, 3.05) is 5.32 Å². The predicted molar refractivity (Wildman–Crippen MR) is 114 cm³/mol. The maximum Gasteiger partial charge on any atom is 0.261 e. The van der Waals surface area contributed by atoms with Gasteiger partial charge in [0.2, 0.25) is 0 Å². The van der Waals surface area contributed by atoms with Gasteiger partial charge in [-0.1, -0.05) is 41.9 Å². The Morgan fingerprint density at radius 3 is 2.47 bits per heavy atom. The fourth-order valence-corrected chi connectivity index (χ4v) is 3.47. The van der Waals surface area contributed by atoms with E-state index in [1.165, 1.54) is 16.8 Å². The third kappa shape index (κ3) is 3.97. The summed E-state index contributed by atoms with van der Waals surface area (Å²) in [6.45, 7) is 3.92. The van der Waals surface area contributed by atoms with E-state index < -0.39 is 0 Å². The van der Waals surface area contributed by atoms with Crippen LogP contribution >= 0.6 is 11.6 Å². The first-order valence-corrected chi connectivity index (χ1v) is 9.70. The average molecular weight is 424 g/mol. The Kier molecular flexibility index (Phi) is 5.37. The minimum Gasteiger partial charge on any atom is -0.305 e. The van der Waals surface area contributed by atoms with Crippen LogP contribution in [0.3, 0.4) is 0 Å². The maximum atomic E-state index is 13.1. The monoisotopic (exact) mass is 423 g/mol. The van der Waals surface area contributed by atoms with Gasteiger partial charge in [0, 0.05) is 11.8 Å². The van der Waals surface area contributed by atoms with Crippen molar-refractivity contribution < 1.29 is 9.18 Å². The number of aryl methyl sites for hydroxylation is 2. The first-order valence-electron chi connectivity index (χ1n) is 9.33. The van der Waals surface area contributed by atoms with Gasteiger partial charge < -0.3 is 5.32 Å². The summed E-state index contributed by atoms with van der Waals surface area (Å²) in [6, 6.07) is 15.7. The van der Waals surface area contributed by atoms with Crippen LogP contribution < -0.4 is 5.32 Å². The zero-order valence-electron chi connectivity index (χ0n) is 16.4. The van der Waals surface area contributed by atoms with E-state index in [4.69, 9.17) is 11.6 Å². The third-order valence-electron chi connectivity index (χ3n) is 4.69. The second-order valence-corrected chi connectivity index (χ2v) is 7.29. The van der Waals surface area contributed by atoms with Crippen molar-refractivity contribution in [3.05, 3.63) is 94.1 Å². The van der Waals surface area contributed by atoms with Crippen molar-refractivity contribution in [2.24, 2.45) is 0 Å². The molecule has 6 nitrogen and oxygen atoms in total. The molecule has 0 unspecified atom stereocenters. The van der Waals surface area contributed by atoms with Gasteiger partial charge in [-0.05, 0) is 43.7 Å². The van der Waals surface area contributed by atoms with Crippen LogP contribution in [0.2, 0.25) is 5.15 Å². The molecule has 4 rings (SSSR count). The second-order valence-electron chi connectivity index (χ2n) is 6.93. The van der Waals surface area contributed by atoms with Crippen molar-refractivity contribution >= 4 is 23.3 Å². The standard InChI is InChI=1S/C22H19ClFN5O/c1-14-12-28(18-6-4-3-5-7-18)27-21(14)25-22(30)19-15(2)26-29(20(19)23)13-16-8-10-17(24)11-9-16/h3-12H,13H2,1-2H3,(H,25,27,30). The number of para-hydroxylation sites is 1. The van der Waals surface area contributed by atoms with Crippen LogP contribution in [0.5, 0.6) is 0 Å². The molecule has 1 amide bonds. The molecule has 4 aromatic rings. The smallest absolute Gasteiger partial charge is 0.261 e. The number of benzene rings is 2. The first-order chi connectivity index (χ1) is 14.4. The quantitative estimate of drug-likeness (QED) is 0.502. The molecular formula is C22H19ClFN5O. The van der Waals surface area contributed by atoms with Gasteiger partial charge in [-0.2, -0.15) is 5.10 Å². The van der Waals surface area contributed by atoms with Crippen LogP contribution in [-0.2, 0) is 6.54 Å². The Morgan fingerprint density at radius 1 is 1.07 bits per heavy atom. The lowest BCUT2D eigenvalue weighted by molar-refractivity contribution is 0.102. The lowest BCUT2D eigenvalue weighted by Crippen LogP contribution is -2.14. The summed E-state index contributed by atoms with van der Waals surface area (Å²) in [5, 5.41) is 11.9. The summed E-state index contributed by atoms with van der Waals surface area (Å²) in [5.74, 6) is -0.248. The highest BCUT2D eigenvalue weighted by molar-refractivity contribution is 6.33. The fourth-order valence-electron chi connectivity index (χ4n) is 3.15. The number of carbonyl (C=O) groups excluding carboxylic acids is 1. The van der Waals surface area contributed by atoms with Crippen molar-refractivity contribution in [1.29, 1.82) is 0 Å². The summed E-state index contributed by atoms with van der Waals surface area (Å²) < 4.78 is 16.3. The molecule has 0 aliphatic rings. The van der Waals surface area contributed by atoms with Gasteiger partial charge in [0.1, 0.15) is 11.0 Å². The molecule has 30 heavy (non-hydrogen) atoms. The summed E-state index contributed by atoms with van der Waals surface area (Å²) in [7, 11) is 0. The van der Waals surface area contributed by atoms with Crippen molar-refractivity contribution in [3.63, 3.8) is 0 Å². The third-order valence-corrected chi connectivity index (χ3v) is 5.07. The molecule has 0 radical (unpaired) electrons. The Morgan fingerprint density at radius 2 is 1.77 bits per heavy atom. The van der Waals surface area contributed by atoms with E-state index in [1.807, 2.05) is 43.5 Å². The minimum atomic E-state index is -0.385. The summed E-state index contributed by atoms with van der Waals surface area (Å²) in [6.07, 6.45) is 1.84. The number of carbonyl (C=O) groups is 1. The number of amides is 1. The van der Waals surface area contributed by atoms with Gasteiger partial charge >= 0.3 is 0 Å². The molecule has 0 aliphatic carbocycles. The van der Waals surface area contributed by atoms with E-state index in [2.05, 4.69) is 15.5 Å². The van der Waals surface area contributed by atoms with E-state index in [-0.39, 0.29) is 22.4 Å². The van der Waals surface area contributed by atoms with Crippen LogP contribution in [0.4, 0.5) is 10.2 Å². The molecule has 2 aromatic heterocycles. The molecule has 0 bridgehead atoms. The SMILES string of the molecule is Cc1cn(-c2ccccc2)nc1NC(=O)c1c(C)nn(Cc2ccc(F)cc2)c1Cl. The van der Waals surface area contributed by atoms with Gasteiger partial charge in [-0.15, -0.1) is 5.10 Å². The number of hydrogen-bond acceptors (Lipinski definition) is 3. The van der Waals surface area contributed by atoms with E-state index >= 15 is 0 Å².